The van der Waals surface area contributed by atoms with E-state index in [2.05, 4.69) is 58.0 Å². The molecule has 5 nitrogen and oxygen atoms in total. The van der Waals surface area contributed by atoms with E-state index in [1.54, 1.807) is 11.8 Å². The normalized spacial score (nSPS) is 17.4. The number of aromatic nitrogens is 1. The van der Waals surface area contributed by atoms with E-state index in [1.807, 2.05) is 13.8 Å². The van der Waals surface area contributed by atoms with E-state index in [0.717, 1.165) is 57.1 Å². The summed E-state index contributed by atoms with van der Waals surface area (Å²) in [5, 5.41) is 0. The second-order valence-corrected chi connectivity index (χ2v) is 9.71. The third kappa shape index (κ3) is 4.28. The average molecular weight is 411 g/mol. The zero-order valence-electron chi connectivity index (χ0n) is 17.8. The maximum absolute atomic E-state index is 11.3. The lowest BCUT2D eigenvalue weighted by Gasteiger charge is -2.38. The van der Waals surface area contributed by atoms with Gasteiger partial charge in [-0.05, 0) is 30.9 Å². The van der Waals surface area contributed by atoms with Crippen molar-refractivity contribution >= 4 is 29.6 Å². The molecular formula is C23H30N4OS. The number of aliphatic imine (C=N–C) groups is 1. The van der Waals surface area contributed by atoms with Gasteiger partial charge in [-0.3, -0.25) is 4.90 Å². The Morgan fingerprint density at radius 3 is 2.62 bits per heavy atom. The highest BCUT2D eigenvalue weighted by molar-refractivity contribution is 7.98. The van der Waals surface area contributed by atoms with Crippen LogP contribution in [-0.4, -0.2) is 65.5 Å². The minimum absolute atomic E-state index is 0.291. The fourth-order valence-corrected chi connectivity index (χ4v) is 4.64. The molecule has 4 rings (SSSR count). The summed E-state index contributed by atoms with van der Waals surface area (Å²) in [5.74, 6) is 1.07. The number of carbonyl (C=O) groups is 1. The molecule has 0 spiro atoms. The van der Waals surface area contributed by atoms with Gasteiger partial charge in [-0.15, -0.1) is 11.8 Å². The molecular weight excluding hydrogens is 380 g/mol. The largest absolute Gasteiger partial charge is 0.352 e. The topological polar surface area (TPSA) is 40.8 Å². The molecule has 0 unspecified atom stereocenters. The van der Waals surface area contributed by atoms with Gasteiger partial charge in [-0.25, -0.2) is 4.99 Å². The number of rotatable bonds is 4. The minimum Gasteiger partial charge on any atom is -0.352 e. The monoisotopic (exact) mass is 410 g/mol. The molecule has 1 fully saturated rings. The Morgan fingerprint density at radius 1 is 1.17 bits per heavy atom. The van der Waals surface area contributed by atoms with E-state index in [-0.39, 0.29) is 5.41 Å². The van der Waals surface area contributed by atoms with Crippen LogP contribution in [0.1, 0.15) is 30.7 Å². The highest BCUT2D eigenvalue weighted by Crippen LogP contribution is 2.30. The highest BCUT2D eigenvalue weighted by Gasteiger charge is 2.28. The van der Waals surface area contributed by atoms with Gasteiger partial charge < -0.3 is 14.3 Å². The second kappa shape index (κ2) is 8.00. The van der Waals surface area contributed by atoms with Gasteiger partial charge in [0.2, 0.25) is 0 Å². The molecule has 0 N–H and O–H groups in total. The number of nitrogens with zero attached hydrogens (tertiary/aromatic N) is 4. The second-order valence-electron chi connectivity index (χ2n) is 8.83. The summed E-state index contributed by atoms with van der Waals surface area (Å²) in [7, 11) is 0. The molecule has 29 heavy (non-hydrogen) atoms. The van der Waals surface area contributed by atoms with Gasteiger partial charge in [0.25, 0.3) is 0 Å². The molecule has 0 radical (unpaired) electrons. The first-order valence-electron chi connectivity index (χ1n) is 10.2. The van der Waals surface area contributed by atoms with Gasteiger partial charge in [-0.1, -0.05) is 31.5 Å². The number of aldehydes is 1. The summed E-state index contributed by atoms with van der Waals surface area (Å²) >= 11 is 1.78. The summed E-state index contributed by atoms with van der Waals surface area (Å²) in [6, 6.07) is 8.82. The number of fused-ring (bicyclic) bond motifs is 2. The lowest BCUT2D eigenvalue weighted by Crippen LogP contribution is -2.51. The quantitative estimate of drug-likeness (QED) is 0.568. The van der Waals surface area contributed by atoms with E-state index in [4.69, 9.17) is 4.99 Å². The molecule has 154 valence electrons. The third-order valence-corrected chi connectivity index (χ3v) is 6.45. The van der Waals surface area contributed by atoms with Crippen molar-refractivity contribution in [3.63, 3.8) is 0 Å². The molecule has 6 heteroatoms. The predicted octanol–water partition coefficient (Wildman–Crippen LogP) is 3.80. The SMILES string of the molecule is CSc1cc2n(c1)Cc1cc(C)ccc1N=C2N1CCN(CC(C)(C)C=O)CC1. The maximum Gasteiger partial charge on any atom is 0.153 e. The van der Waals surface area contributed by atoms with Crippen LogP contribution in [0.3, 0.4) is 0 Å². The summed E-state index contributed by atoms with van der Waals surface area (Å²) < 4.78 is 2.35. The Kier molecular flexibility index (Phi) is 5.58. The number of amidine groups is 1. The Balaban J connectivity index is 1.62. The molecule has 0 bridgehead atoms. The van der Waals surface area contributed by atoms with Crippen molar-refractivity contribution < 1.29 is 4.79 Å². The van der Waals surface area contributed by atoms with Crippen LogP contribution in [0.5, 0.6) is 0 Å². The van der Waals surface area contributed by atoms with Crippen molar-refractivity contribution in [2.75, 3.05) is 39.0 Å². The van der Waals surface area contributed by atoms with Crippen molar-refractivity contribution in [2.45, 2.75) is 32.2 Å². The molecule has 0 saturated carbocycles. The van der Waals surface area contributed by atoms with E-state index in [1.165, 1.54) is 21.7 Å². The van der Waals surface area contributed by atoms with Gasteiger partial charge in [0.1, 0.15) is 6.29 Å². The Morgan fingerprint density at radius 2 is 1.93 bits per heavy atom. The van der Waals surface area contributed by atoms with Crippen LogP contribution >= 0.6 is 11.8 Å². The van der Waals surface area contributed by atoms with Gasteiger partial charge in [-0.2, -0.15) is 0 Å². The standard InChI is InChI=1S/C23H30N4OS/c1-17-5-6-20-18(11-17)13-27-14-19(29-4)12-21(27)22(24-20)26-9-7-25(8-10-26)15-23(2,3)16-28/h5-6,11-12,14,16H,7-10,13,15H2,1-4H3. The summed E-state index contributed by atoms with van der Waals surface area (Å²) in [4.78, 5) is 22.5. The molecule has 0 atom stereocenters. The Labute approximate surface area is 177 Å². The fraction of sp³-hybridized carbons (Fsp3) is 0.478. The van der Waals surface area contributed by atoms with Crippen LogP contribution in [0.4, 0.5) is 5.69 Å². The molecule has 0 amide bonds. The number of piperazine rings is 1. The fourth-order valence-electron chi connectivity index (χ4n) is 4.18. The van der Waals surface area contributed by atoms with Crippen LogP contribution < -0.4 is 0 Å². The van der Waals surface area contributed by atoms with Gasteiger partial charge in [0, 0.05) is 55.8 Å². The molecule has 3 heterocycles. The van der Waals surface area contributed by atoms with Crippen LogP contribution in [0.25, 0.3) is 0 Å². The lowest BCUT2D eigenvalue weighted by atomic mass is 9.95. The van der Waals surface area contributed by atoms with E-state index < -0.39 is 0 Å². The molecule has 1 saturated heterocycles. The van der Waals surface area contributed by atoms with Crippen molar-refractivity contribution in [3.8, 4) is 0 Å². The van der Waals surface area contributed by atoms with Crippen LogP contribution in [0, 0.1) is 12.3 Å². The first kappa shape index (κ1) is 20.2. The van der Waals surface area contributed by atoms with E-state index in [9.17, 15) is 4.79 Å². The van der Waals surface area contributed by atoms with Crippen molar-refractivity contribution in [1.82, 2.24) is 14.4 Å². The summed E-state index contributed by atoms with van der Waals surface area (Å²) in [5.41, 5.74) is 4.53. The average Bonchev–Trinajstić information content (AvgIpc) is 3.04. The van der Waals surface area contributed by atoms with Crippen LogP contribution in [0.15, 0.2) is 40.4 Å². The zero-order valence-corrected chi connectivity index (χ0v) is 18.6. The molecule has 2 aliphatic heterocycles. The van der Waals surface area contributed by atoms with Crippen molar-refractivity contribution in [3.05, 3.63) is 47.3 Å². The van der Waals surface area contributed by atoms with Crippen molar-refractivity contribution in [2.24, 2.45) is 10.4 Å². The molecule has 1 aromatic heterocycles. The number of hydrogen-bond donors (Lipinski definition) is 0. The molecule has 1 aromatic carbocycles. The summed E-state index contributed by atoms with van der Waals surface area (Å²) in [6.07, 6.45) is 5.44. The maximum atomic E-state index is 11.3. The Bertz CT molecular complexity index is 938. The third-order valence-electron chi connectivity index (χ3n) is 5.76. The lowest BCUT2D eigenvalue weighted by molar-refractivity contribution is -0.115. The minimum atomic E-state index is -0.291. The van der Waals surface area contributed by atoms with Gasteiger partial charge in [0.05, 0.1) is 11.4 Å². The Hall–Kier alpha value is -2.05. The predicted molar refractivity (Wildman–Crippen MR) is 121 cm³/mol. The number of thioether (sulfide) groups is 1. The van der Waals surface area contributed by atoms with Crippen molar-refractivity contribution in [1.29, 1.82) is 0 Å². The number of benzene rings is 1. The molecule has 2 aromatic rings. The first-order chi connectivity index (χ1) is 13.9. The smallest absolute Gasteiger partial charge is 0.153 e. The van der Waals surface area contributed by atoms with Gasteiger partial charge in [0.15, 0.2) is 5.84 Å². The summed E-state index contributed by atoms with van der Waals surface area (Å²) in [6.45, 7) is 11.6. The van der Waals surface area contributed by atoms with E-state index in [0.29, 0.717) is 0 Å². The highest BCUT2D eigenvalue weighted by atomic mass is 32.2. The molecule has 2 aliphatic rings. The molecule has 0 aliphatic carbocycles. The van der Waals surface area contributed by atoms with Crippen LogP contribution in [0.2, 0.25) is 0 Å². The zero-order chi connectivity index (χ0) is 20.6. The first-order valence-corrected chi connectivity index (χ1v) is 11.5. The van der Waals surface area contributed by atoms with E-state index >= 15 is 0 Å². The number of carbonyl (C=O) groups excluding carboxylic acids is 1. The number of aryl methyl sites for hydroxylation is 1. The van der Waals surface area contributed by atoms with Gasteiger partial charge >= 0.3 is 0 Å². The van der Waals surface area contributed by atoms with Crippen LogP contribution in [-0.2, 0) is 11.3 Å². The number of hydrogen-bond acceptors (Lipinski definition) is 5.